The highest BCUT2D eigenvalue weighted by molar-refractivity contribution is 5.95. The topological polar surface area (TPSA) is 128 Å². The summed E-state index contributed by atoms with van der Waals surface area (Å²) in [6.07, 6.45) is 1.92. The Bertz CT molecular complexity index is 1000. The van der Waals surface area contributed by atoms with Crippen molar-refractivity contribution in [2.45, 2.75) is 31.8 Å². The van der Waals surface area contributed by atoms with Crippen LogP contribution in [0.3, 0.4) is 0 Å². The number of aromatic hydroxyl groups is 1. The van der Waals surface area contributed by atoms with Crippen LogP contribution < -0.4 is 11.1 Å². The van der Waals surface area contributed by atoms with Crippen LogP contribution in [0.25, 0.3) is 0 Å². The number of esters is 1. The lowest BCUT2D eigenvalue weighted by Crippen LogP contribution is -2.43. The molecule has 0 radical (unpaired) electrons. The van der Waals surface area contributed by atoms with E-state index in [9.17, 15) is 14.7 Å². The van der Waals surface area contributed by atoms with Crippen molar-refractivity contribution in [2.75, 3.05) is 6.61 Å². The highest BCUT2D eigenvalue weighted by atomic mass is 16.5. The first-order valence-electron chi connectivity index (χ1n) is 9.96. The fraction of sp³-hybridized carbons (Fsp3) is 0.261. The van der Waals surface area contributed by atoms with Gasteiger partial charge in [0, 0.05) is 6.42 Å². The smallest absolute Gasteiger partial charge is 0.328 e. The van der Waals surface area contributed by atoms with Crippen molar-refractivity contribution in [3.05, 3.63) is 83.6 Å². The third-order valence-electron chi connectivity index (χ3n) is 4.62. The number of nitrogens with zero attached hydrogens (tertiary/aromatic N) is 1. The van der Waals surface area contributed by atoms with E-state index in [4.69, 9.17) is 14.9 Å². The Balaban J connectivity index is 1.67. The van der Waals surface area contributed by atoms with E-state index in [1.807, 2.05) is 30.3 Å². The summed E-state index contributed by atoms with van der Waals surface area (Å²) in [5.41, 5.74) is 7.95. The molecule has 162 valence electrons. The van der Waals surface area contributed by atoms with Crippen molar-refractivity contribution < 1.29 is 23.8 Å². The van der Waals surface area contributed by atoms with Crippen LogP contribution in [0.5, 0.6) is 5.75 Å². The first kappa shape index (κ1) is 22.0. The molecule has 0 saturated carbocycles. The lowest BCUT2D eigenvalue weighted by atomic mass is 10.1. The van der Waals surface area contributed by atoms with Crippen LogP contribution >= 0.6 is 0 Å². The van der Waals surface area contributed by atoms with Gasteiger partial charge in [0.2, 0.25) is 5.89 Å². The lowest BCUT2D eigenvalue weighted by Gasteiger charge is -2.16. The number of hydrogen-bond donors (Lipinski definition) is 3. The van der Waals surface area contributed by atoms with Gasteiger partial charge in [0.25, 0.3) is 5.91 Å². The number of nitrogens with two attached hydrogens (primary N) is 1. The third-order valence-corrected chi connectivity index (χ3v) is 4.62. The Morgan fingerprint density at radius 1 is 1.10 bits per heavy atom. The second-order valence-electron chi connectivity index (χ2n) is 7.02. The fourth-order valence-corrected chi connectivity index (χ4v) is 3.05. The van der Waals surface area contributed by atoms with Crippen LogP contribution in [-0.4, -0.2) is 34.6 Å². The van der Waals surface area contributed by atoms with Crippen molar-refractivity contribution in [2.24, 2.45) is 5.73 Å². The van der Waals surface area contributed by atoms with Crippen molar-refractivity contribution in [1.29, 1.82) is 0 Å². The van der Waals surface area contributed by atoms with Gasteiger partial charge in [-0.3, -0.25) is 4.79 Å². The predicted molar refractivity (Wildman–Crippen MR) is 113 cm³/mol. The zero-order valence-electron chi connectivity index (χ0n) is 17.2. The number of carbonyl (C=O) groups is 2. The number of ether oxygens (including phenoxy) is 1. The molecule has 4 N–H and O–H groups in total. The molecule has 2 atom stereocenters. The highest BCUT2D eigenvalue weighted by Gasteiger charge is 2.25. The molecule has 0 aliphatic rings. The van der Waals surface area contributed by atoms with Crippen LogP contribution in [0.2, 0.25) is 0 Å². The molecule has 2 aromatic carbocycles. The van der Waals surface area contributed by atoms with E-state index < -0.39 is 24.0 Å². The van der Waals surface area contributed by atoms with Crippen molar-refractivity contribution in [3.63, 3.8) is 0 Å². The zero-order valence-corrected chi connectivity index (χ0v) is 17.2. The number of amides is 1. The van der Waals surface area contributed by atoms with E-state index in [-0.39, 0.29) is 30.4 Å². The van der Waals surface area contributed by atoms with Gasteiger partial charge in [-0.2, -0.15) is 0 Å². The minimum Gasteiger partial charge on any atom is -0.508 e. The van der Waals surface area contributed by atoms with E-state index >= 15 is 0 Å². The van der Waals surface area contributed by atoms with E-state index in [1.54, 1.807) is 31.2 Å². The van der Waals surface area contributed by atoms with Crippen molar-refractivity contribution in [1.82, 2.24) is 10.3 Å². The largest absolute Gasteiger partial charge is 0.508 e. The number of benzene rings is 2. The number of aromatic nitrogens is 1. The van der Waals surface area contributed by atoms with E-state index in [0.29, 0.717) is 6.42 Å². The summed E-state index contributed by atoms with van der Waals surface area (Å²) in [6.45, 7) is 1.92. The molecule has 1 heterocycles. The molecule has 8 heteroatoms. The number of nitrogens with one attached hydrogen (secondary N) is 1. The maximum absolute atomic E-state index is 12.7. The molecular formula is C23H25N3O5. The average Bonchev–Trinajstić information content (AvgIpc) is 3.26. The molecule has 0 aliphatic heterocycles. The number of hydrogen-bond acceptors (Lipinski definition) is 7. The van der Waals surface area contributed by atoms with Crippen LogP contribution in [0.15, 0.2) is 65.3 Å². The molecule has 0 saturated heterocycles. The third kappa shape index (κ3) is 6.16. The van der Waals surface area contributed by atoms with Gasteiger partial charge in [-0.05, 0) is 36.6 Å². The second-order valence-corrected chi connectivity index (χ2v) is 7.02. The maximum atomic E-state index is 12.7. The molecule has 1 amide bonds. The van der Waals surface area contributed by atoms with E-state index in [0.717, 1.165) is 11.1 Å². The summed E-state index contributed by atoms with van der Waals surface area (Å²) < 4.78 is 10.5. The predicted octanol–water partition coefficient (Wildman–Crippen LogP) is 2.53. The molecule has 31 heavy (non-hydrogen) atoms. The summed E-state index contributed by atoms with van der Waals surface area (Å²) in [6, 6.07) is 14.5. The van der Waals surface area contributed by atoms with Gasteiger partial charge in [-0.1, -0.05) is 42.5 Å². The fourth-order valence-electron chi connectivity index (χ4n) is 3.05. The van der Waals surface area contributed by atoms with Gasteiger partial charge in [0.15, 0.2) is 5.69 Å². The summed E-state index contributed by atoms with van der Waals surface area (Å²) in [5, 5.41) is 12.0. The average molecular weight is 423 g/mol. The number of oxazole rings is 1. The summed E-state index contributed by atoms with van der Waals surface area (Å²) >= 11 is 0. The monoisotopic (exact) mass is 423 g/mol. The van der Waals surface area contributed by atoms with Gasteiger partial charge in [-0.25, -0.2) is 9.78 Å². The molecule has 2 unspecified atom stereocenters. The molecule has 8 nitrogen and oxygen atoms in total. The van der Waals surface area contributed by atoms with Crippen LogP contribution in [0.4, 0.5) is 0 Å². The van der Waals surface area contributed by atoms with Gasteiger partial charge in [-0.15, -0.1) is 0 Å². The SMILES string of the molecule is CCOC(=O)C(Cc1ccccc1)NC(=O)c1coc(C(N)Cc2ccc(O)cc2)n1. The summed E-state index contributed by atoms with van der Waals surface area (Å²) in [4.78, 5) is 29.2. The van der Waals surface area contributed by atoms with Crippen LogP contribution in [0.1, 0.15) is 40.5 Å². The minimum atomic E-state index is -0.860. The quantitative estimate of drug-likeness (QED) is 0.451. The van der Waals surface area contributed by atoms with Gasteiger partial charge in [0.1, 0.15) is 18.1 Å². The molecular weight excluding hydrogens is 398 g/mol. The Kier molecular flexibility index (Phi) is 7.40. The molecule has 0 fully saturated rings. The minimum absolute atomic E-state index is 0.0264. The normalized spacial score (nSPS) is 12.7. The number of carbonyl (C=O) groups excluding carboxylic acids is 2. The van der Waals surface area contributed by atoms with Gasteiger partial charge >= 0.3 is 5.97 Å². The number of rotatable bonds is 9. The Hall–Kier alpha value is -3.65. The molecule has 1 aromatic heterocycles. The Morgan fingerprint density at radius 3 is 2.45 bits per heavy atom. The first-order chi connectivity index (χ1) is 15.0. The summed E-state index contributed by atoms with van der Waals surface area (Å²) in [7, 11) is 0. The molecule has 0 bridgehead atoms. The number of phenolic OH excluding ortho intramolecular Hbond substituents is 1. The van der Waals surface area contributed by atoms with Crippen LogP contribution in [-0.2, 0) is 22.4 Å². The molecule has 3 rings (SSSR count). The van der Waals surface area contributed by atoms with E-state index in [2.05, 4.69) is 10.3 Å². The Morgan fingerprint density at radius 2 is 1.77 bits per heavy atom. The van der Waals surface area contributed by atoms with Crippen molar-refractivity contribution >= 4 is 11.9 Å². The maximum Gasteiger partial charge on any atom is 0.328 e. The standard InChI is InChI=1S/C23H25N3O5/c1-2-30-23(29)19(13-15-6-4-3-5-7-15)25-21(28)20-14-31-22(26-20)18(24)12-16-8-10-17(27)11-9-16/h3-11,14,18-19,27H,2,12-13,24H2,1H3,(H,25,28). The number of phenols is 1. The highest BCUT2D eigenvalue weighted by Crippen LogP contribution is 2.18. The van der Waals surface area contributed by atoms with Gasteiger partial charge in [0.05, 0.1) is 12.6 Å². The lowest BCUT2D eigenvalue weighted by molar-refractivity contribution is -0.145. The Labute approximate surface area is 180 Å². The second kappa shape index (κ2) is 10.4. The van der Waals surface area contributed by atoms with Gasteiger partial charge < -0.3 is 25.3 Å². The summed E-state index contributed by atoms with van der Waals surface area (Å²) in [5.74, 6) is -0.707. The van der Waals surface area contributed by atoms with Crippen molar-refractivity contribution in [3.8, 4) is 5.75 Å². The molecule has 0 spiro atoms. The van der Waals surface area contributed by atoms with Crippen LogP contribution in [0, 0.1) is 0 Å². The molecule has 0 aliphatic carbocycles. The van der Waals surface area contributed by atoms with E-state index in [1.165, 1.54) is 6.26 Å². The molecule has 3 aromatic rings. The zero-order chi connectivity index (χ0) is 22.2. The first-order valence-corrected chi connectivity index (χ1v) is 9.96.